The molecule has 14 nitrogen and oxygen atoms in total. The molecule has 0 spiro atoms. The van der Waals surface area contributed by atoms with Gasteiger partial charge in [-0.25, -0.2) is 9.97 Å². The zero-order valence-corrected chi connectivity index (χ0v) is 49.5. The second kappa shape index (κ2) is 28.2. The van der Waals surface area contributed by atoms with Crippen molar-refractivity contribution in [1.29, 1.82) is 0 Å². The molecule has 0 atom stereocenters. The first-order valence-electron chi connectivity index (χ1n) is 26.4. The third kappa shape index (κ3) is 13.9. The monoisotopic (exact) mass is 1270 g/mol. The Morgan fingerprint density at radius 1 is 0.190 bits per heavy atom. The van der Waals surface area contributed by atoms with Crippen molar-refractivity contribution in [2.75, 3.05) is 0 Å². The molecule has 0 unspecified atom stereocenters. The Balaban J connectivity index is 0.000000134. The van der Waals surface area contributed by atoms with Gasteiger partial charge in [-0.3, -0.25) is 59.8 Å². The van der Waals surface area contributed by atoms with E-state index in [9.17, 15) is 0 Å². The molecule has 15 aromatic rings. The maximum atomic E-state index is 5.14. The summed E-state index contributed by atoms with van der Waals surface area (Å²) in [6.07, 6.45) is 21.7. The molecule has 0 saturated heterocycles. The largest absolute Gasteiger partial charge is 2.00 e. The van der Waals surface area contributed by atoms with E-state index >= 15 is 0 Å². The number of aromatic nitrogens is 14. The van der Waals surface area contributed by atoms with E-state index in [-0.39, 0.29) is 39.0 Å². The summed E-state index contributed by atoms with van der Waals surface area (Å²) in [5, 5.41) is 3.76. The third-order valence-electron chi connectivity index (χ3n) is 13.0. The Hall–Kier alpha value is -9.87. The zero-order chi connectivity index (χ0) is 56.0. The van der Waals surface area contributed by atoms with E-state index < -0.39 is 0 Å². The quantitative estimate of drug-likeness (QED) is 0.0922. The molecule has 15 rings (SSSR count). The van der Waals surface area contributed by atoms with E-state index in [2.05, 4.69) is 59.8 Å². The maximum Gasteiger partial charge on any atom is 2.00 e. The van der Waals surface area contributed by atoms with Crippen molar-refractivity contribution < 1.29 is 39.0 Å². The molecule has 0 aliphatic heterocycles. The molecule has 13 aromatic heterocycles. The summed E-state index contributed by atoms with van der Waals surface area (Å²) in [6.45, 7) is 8.09. The van der Waals surface area contributed by atoms with Crippen molar-refractivity contribution in [2.45, 2.75) is 27.7 Å². The average Bonchev–Trinajstić information content (AvgIpc) is 1.47. The van der Waals surface area contributed by atoms with Crippen molar-refractivity contribution in [3.05, 3.63) is 266 Å². The predicted molar refractivity (Wildman–Crippen MR) is 327 cm³/mol. The molecule has 2 aromatic carbocycles. The van der Waals surface area contributed by atoms with Gasteiger partial charge in [-0.15, -0.1) is 0 Å². The summed E-state index contributed by atoms with van der Waals surface area (Å²) in [5.74, 6) is 0. The minimum absolute atomic E-state index is 0. The molecule has 406 valence electrons. The molecular formula is C68H52N14Ru2+4. The van der Waals surface area contributed by atoms with E-state index in [0.29, 0.717) is 0 Å². The number of benzene rings is 2. The van der Waals surface area contributed by atoms with Crippen LogP contribution in [-0.4, -0.2) is 69.8 Å². The van der Waals surface area contributed by atoms with Crippen molar-refractivity contribution in [2.24, 2.45) is 0 Å². The molecule has 0 bridgehead atoms. The SMILES string of the molecule is Cc1ccc(-c2ccccn2)nc1.Cc1ccc(-c2ccccn2)nc1.Cc1ccc(-c2ccccn2)nc1.Cc1ccc(-c2ccccn2)nc1.[Ru+2].[Ru+2].c1cnc2c(c1)c1nc3c4cccnc4c4ncccc4c3nc1c1cccnc12. The van der Waals surface area contributed by atoms with Gasteiger partial charge in [0.05, 0.1) is 89.7 Å². The number of nitrogens with zero attached hydrogens (tertiary/aromatic N) is 14. The number of hydrogen-bond acceptors (Lipinski definition) is 14. The summed E-state index contributed by atoms with van der Waals surface area (Å²) in [6, 6.07) is 55.2. The number of aryl methyl sites for hydroxylation is 4. The van der Waals surface area contributed by atoms with E-state index in [4.69, 9.17) is 9.97 Å². The first-order valence-corrected chi connectivity index (χ1v) is 26.4. The van der Waals surface area contributed by atoms with Crippen LogP contribution in [0.4, 0.5) is 0 Å². The fourth-order valence-electron chi connectivity index (χ4n) is 8.86. The van der Waals surface area contributed by atoms with Gasteiger partial charge < -0.3 is 0 Å². The van der Waals surface area contributed by atoms with Crippen molar-refractivity contribution in [3.8, 4) is 45.6 Å². The van der Waals surface area contributed by atoms with Gasteiger partial charge in [0.25, 0.3) is 0 Å². The van der Waals surface area contributed by atoms with Gasteiger partial charge in [0, 0.05) is 95.9 Å². The second-order valence-corrected chi connectivity index (χ2v) is 19.0. The van der Waals surface area contributed by atoms with E-state index in [0.717, 1.165) is 111 Å². The van der Waals surface area contributed by atoms with Gasteiger partial charge in [0.2, 0.25) is 0 Å². The molecule has 0 saturated carbocycles. The van der Waals surface area contributed by atoms with Crippen LogP contribution < -0.4 is 0 Å². The van der Waals surface area contributed by atoms with Crippen molar-refractivity contribution in [3.63, 3.8) is 0 Å². The minimum atomic E-state index is 0. The van der Waals surface area contributed by atoms with Crippen LogP contribution in [0.15, 0.2) is 244 Å². The molecule has 0 amide bonds. The third-order valence-corrected chi connectivity index (χ3v) is 13.0. The Morgan fingerprint density at radius 3 is 0.595 bits per heavy atom. The summed E-state index contributed by atoms with van der Waals surface area (Å²) in [7, 11) is 0. The molecule has 0 aliphatic carbocycles. The second-order valence-electron chi connectivity index (χ2n) is 19.0. The smallest absolute Gasteiger partial charge is 0.255 e. The van der Waals surface area contributed by atoms with Crippen LogP contribution in [-0.2, 0) is 39.0 Å². The minimum Gasteiger partial charge on any atom is -0.255 e. The van der Waals surface area contributed by atoms with Crippen molar-refractivity contribution >= 4 is 65.7 Å². The maximum absolute atomic E-state index is 5.14. The van der Waals surface area contributed by atoms with Gasteiger partial charge in [0.1, 0.15) is 0 Å². The van der Waals surface area contributed by atoms with Gasteiger partial charge in [-0.05, 0) is 171 Å². The van der Waals surface area contributed by atoms with Crippen LogP contribution in [0.2, 0.25) is 0 Å². The number of rotatable bonds is 4. The number of fused-ring (bicyclic) bond motifs is 12. The van der Waals surface area contributed by atoms with Gasteiger partial charge in [0.15, 0.2) is 0 Å². The fourth-order valence-corrected chi connectivity index (χ4v) is 8.86. The average molecular weight is 1270 g/mol. The van der Waals surface area contributed by atoms with Crippen LogP contribution in [0.25, 0.3) is 111 Å². The van der Waals surface area contributed by atoms with Crippen LogP contribution in [0.5, 0.6) is 0 Å². The van der Waals surface area contributed by atoms with Crippen LogP contribution in [0.3, 0.4) is 0 Å². The molecule has 0 aliphatic rings. The standard InChI is InChI=1S/C24H12N6.4C11H10N2.2Ru/c1-5-13-17(25-9-1)18-14(6-2-10-26-18)22-21(13)29-23-15-7-3-11-27-19(15)20-16(24(23)30-22)8-4-12-28-20;4*1-9-5-6-11(13-8-9)10-4-2-3-7-12-10;;/h1-12H;4*2-8H,1H3;;/q;;;;;2*+2. The van der Waals surface area contributed by atoms with E-state index in [1.54, 1.807) is 49.6 Å². The first kappa shape index (κ1) is 58.8. The fraction of sp³-hybridized carbons (Fsp3) is 0.0588. The summed E-state index contributed by atoms with van der Waals surface area (Å²) in [4.78, 5) is 62.7. The van der Waals surface area contributed by atoms with Crippen LogP contribution >= 0.6 is 0 Å². The van der Waals surface area contributed by atoms with E-state index in [1.165, 1.54) is 22.3 Å². The normalized spacial score (nSPS) is 10.4. The Kier molecular flexibility index (Phi) is 19.7. The summed E-state index contributed by atoms with van der Waals surface area (Å²) >= 11 is 0. The molecule has 13 heterocycles. The molecule has 84 heavy (non-hydrogen) atoms. The Labute approximate surface area is 510 Å². The molecule has 0 N–H and O–H groups in total. The summed E-state index contributed by atoms with van der Waals surface area (Å²) < 4.78 is 0. The van der Waals surface area contributed by atoms with Crippen LogP contribution in [0, 0.1) is 27.7 Å². The topological polar surface area (TPSA) is 180 Å². The molecule has 16 heteroatoms. The molecular weight excluding hydrogens is 1210 g/mol. The number of hydrogen-bond donors (Lipinski definition) is 0. The zero-order valence-electron chi connectivity index (χ0n) is 46.1. The summed E-state index contributed by atoms with van der Waals surface area (Å²) in [5.41, 5.74) is 18.6. The molecule has 0 fully saturated rings. The van der Waals surface area contributed by atoms with Crippen LogP contribution in [0.1, 0.15) is 22.3 Å². The predicted octanol–water partition coefficient (Wildman–Crippen LogP) is 14.8. The number of pyridine rings is 12. The van der Waals surface area contributed by atoms with Gasteiger partial charge in [-0.2, -0.15) is 0 Å². The van der Waals surface area contributed by atoms with Gasteiger partial charge >= 0.3 is 39.0 Å². The Morgan fingerprint density at radius 2 is 0.405 bits per heavy atom. The van der Waals surface area contributed by atoms with E-state index in [1.807, 2.05) is 222 Å². The van der Waals surface area contributed by atoms with Gasteiger partial charge in [-0.1, -0.05) is 48.5 Å². The first-order chi connectivity index (χ1) is 40.3. The molecule has 0 radical (unpaired) electrons. The van der Waals surface area contributed by atoms with Crippen molar-refractivity contribution in [1.82, 2.24) is 69.8 Å². The Bertz CT molecular complexity index is 3990.